The van der Waals surface area contributed by atoms with E-state index in [1.54, 1.807) is 6.92 Å². The van der Waals surface area contributed by atoms with E-state index in [9.17, 15) is 9.59 Å². The minimum atomic E-state index is -1.05. The molecule has 4 nitrogen and oxygen atoms in total. The summed E-state index contributed by atoms with van der Waals surface area (Å²) in [5.74, 6) is -0.695. The smallest absolute Gasteiger partial charge is 0.322 e. The van der Waals surface area contributed by atoms with Crippen LogP contribution >= 0.6 is 0 Å². The highest BCUT2D eigenvalue weighted by Crippen LogP contribution is 2.64. The highest BCUT2D eigenvalue weighted by molar-refractivity contribution is 6.12. The van der Waals surface area contributed by atoms with Crippen LogP contribution in [0.1, 0.15) is 32.8 Å². The number of hydrogen-bond donors (Lipinski definition) is 1. The predicted molar refractivity (Wildman–Crippen MR) is 77.3 cm³/mol. The van der Waals surface area contributed by atoms with Crippen molar-refractivity contribution in [2.45, 2.75) is 34.1 Å². The minimum absolute atomic E-state index is 0.273. The molecule has 1 aliphatic carbocycles. The Balaban J connectivity index is 2.17. The number of ether oxygens (including phenoxy) is 1. The summed E-state index contributed by atoms with van der Waals surface area (Å²) >= 11 is 0. The Bertz CT molecular complexity index is 533. The van der Waals surface area contributed by atoms with E-state index in [2.05, 4.69) is 5.32 Å². The van der Waals surface area contributed by atoms with Gasteiger partial charge in [-0.15, -0.1) is 0 Å². The van der Waals surface area contributed by atoms with Crippen LogP contribution in [0.25, 0.3) is 0 Å². The first-order valence-corrected chi connectivity index (χ1v) is 6.89. The summed E-state index contributed by atoms with van der Waals surface area (Å²) in [4.78, 5) is 24.6. The Morgan fingerprint density at radius 3 is 2.25 bits per heavy atom. The maximum Gasteiger partial charge on any atom is 0.322 e. The number of benzene rings is 1. The number of esters is 1. The fourth-order valence-electron chi connectivity index (χ4n) is 2.58. The van der Waals surface area contributed by atoms with Gasteiger partial charge < -0.3 is 10.1 Å². The Labute approximate surface area is 119 Å². The molecular weight excluding hydrogens is 254 g/mol. The normalized spacial score (nSPS) is 23.0. The molecule has 0 radical (unpaired) electrons. The third kappa shape index (κ3) is 2.30. The van der Waals surface area contributed by atoms with Crippen LogP contribution in [0.4, 0.5) is 5.69 Å². The van der Waals surface area contributed by atoms with Crippen molar-refractivity contribution in [3.8, 4) is 0 Å². The molecule has 1 N–H and O–H groups in total. The molecule has 1 aromatic carbocycles. The number of anilines is 1. The highest BCUT2D eigenvalue weighted by atomic mass is 16.5. The molecule has 1 amide bonds. The Hall–Kier alpha value is -1.84. The quantitative estimate of drug-likeness (QED) is 0.679. The maximum atomic E-state index is 12.5. The molecule has 4 heteroatoms. The summed E-state index contributed by atoms with van der Waals surface area (Å²) in [5, 5.41) is 2.83. The molecule has 1 aromatic rings. The van der Waals surface area contributed by atoms with Crippen LogP contribution < -0.4 is 5.32 Å². The second-order valence-electron chi connectivity index (χ2n) is 6.01. The lowest BCUT2D eigenvalue weighted by molar-refractivity contribution is -0.154. The van der Waals surface area contributed by atoms with E-state index in [0.29, 0.717) is 12.1 Å². The van der Waals surface area contributed by atoms with E-state index in [4.69, 9.17) is 4.74 Å². The van der Waals surface area contributed by atoms with E-state index in [-0.39, 0.29) is 17.9 Å². The highest BCUT2D eigenvalue weighted by Gasteiger charge is 2.72. The number of carbonyl (C=O) groups is 2. The van der Waals surface area contributed by atoms with Crippen molar-refractivity contribution < 1.29 is 14.3 Å². The van der Waals surface area contributed by atoms with Gasteiger partial charge in [-0.1, -0.05) is 31.5 Å². The van der Waals surface area contributed by atoms with Gasteiger partial charge >= 0.3 is 5.97 Å². The maximum absolute atomic E-state index is 12.5. The van der Waals surface area contributed by atoms with Gasteiger partial charge in [0.1, 0.15) is 0 Å². The average molecular weight is 275 g/mol. The Morgan fingerprint density at radius 2 is 1.80 bits per heavy atom. The zero-order chi connectivity index (χ0) is 15.0. The number of amides is 1. The second-order valence-corrected chi connectivity index (χ2v) is 6.01. The topological polar surface area (TPSA) is 55.4 Å². The van der Waals surface area contributed by atoms with Crippen LogP contribution in [-0.4, -0.2) is 18.5 Å². The second kappa shape index (κ2) is 4.93. The number of rotatable bonds is 4. The van der Waals surface area contributed by atoms with Crippen molar-refractivity contribution in [1.29, 1.82) is 0 Å². The van der Waals surface area contributed by atoms with Gasteiger partial charge in [0.2, 0.25) is 5.91 Å². The molecule has 1 aliphatic rings. The largest absolute Gasteiger partial charge is 0.465 e. The van der Waals surface area contributed by atoms with E-state index in [1.165, 1.54) is 0 Å². The van der Waals surface area contributed by atoms with Gasteiger partial charge in [-0.3, -0.25) is 9.59 Å². The molecule has 0 spiro atoms. The third-order valence-corrected chi connectivity index (χ3v) is 4.06. The number of hydrogen-bond acceptors (Lipinski definition) is 3. The van der Waals surface area contributed by atoms with Gasteiger partial charge in [-0.2, -0.15) is 0 Å². The minimum Gasteiger partial charge on any atom is -0.465 e. The van der Waals surface area contributed by atoms with Crippen LogP contribution in [0.15, 0.2) is 24.3 Å². The number of carbonyl (C=O) groups excluding carboxylic acids is 2. The molecule has 0 bridgehead atoms. The van der Waals surface area contributed by atoms with Crippen LogP contribution in [0.2, 0.25) is 0 Å². The van der Waals surface area contributed by atoms with Crippen molar-refractivity contribution in [2.75, 3.05) is 11.9 Å². The molecule has 1 unspecified atom stereocenters. The fourth-order valence-corrected chi connectivity index (χ4v) is 2.58. The Kier molecular flexibility index (Phi) is 3.59. The van der Waals surface area contributed by atoms with Crippen molar-refractivity contribution in [1.82, 2.24) is 0 Å². The van der Waals surface area contributed by atoms with Gasteiger partial charge in [0.25, 0.3) is 0 Å². The summed E-state index contributed by atoms with van der Waals surface area (Å²) in [6.07, 6.45) is 0.524. The lowest BCUT2D eigenvalue weighted by Crippen LogP contribution is -2.36. The molecular formula is C16H21NO3. The fraction of sp³-hybridized carbons (Fsp3) is 0.500. The molecule has 1 fully saturated rings. The molecule has 0 saturated heterocycles. The molecule has 0 aromatic heterocycles. The zero-order valence-corrected chi connectivity index (χ0v) is 12.4. The standard InChI is InChI=1S/C16H21NO3/c1-5-20-14(19)16(10-15(16,3)4)13(18)17-12-8-6-11(2)7-9-12/h6-9H,5,10H2,1-4H3,(H,17,18). The van der Waals surface area contributed by atoms with Crippen LogP contribution in [0.3, 0.4) is 0 Å². The van der Waals surface area contributed by atoms with E-state index in [0.717, 1.165) is 5.56 Å². The Morgan fingerprint density at radius 1 is 1.25 bits per heavy atom. The number of nitrogens with one attached hydrogen (secondary N) is 1. The molecule has 108 valence electrons. The summed E-state index contributed by atoms with van der Waals surface area (Å²) in [7, 11) is 0. The summed E-state index contributed by atoms with van der Waals surface area (Å²) in [6, 6.07) is 7.51. The van der Waals surface area contributed by atoms with Crippen molar-refractivity contribution in [3.05, 3.63) is 29.8 Å². The first-order valence-electron chi connectivity index (χ1n) is 6.89. The van der Waals surface area contributed by atoms with Gasteiger partial charge in [0, 0.05) is 5.69 Å². The van der Waals surface area contributed by atoms with Gasteiger partial charge in [0.15, 0.2) is 5.41 Å². The van der Waals surface area contributed by atoms with E-state index in [1.807, 2.05) is 45.0 Å². The summed E-state index contributed by atoms with van der Waals surface area (Å²) in [6.45, 7) is 7.85. The third-order valence-electron chi connectivity index (χ3n) is 4.06. The summed E-state index contributed by atoms with van der Waals surface area (Å²) < 4.78 is 5.08. The SMILES string of the molecule is CCOC(=O)C1(C(=O)Nc2ccc(C)cc2)CC1(C)C. The van der Waals surface area contributed by atoms with Crippen LogP contribution in [0.5, 0.6) is 0 Å². The lowest BCUT2D eigenvalue weighted by atomic mass is 9.94. The first kappa shape index (κ1) is 14.6. The van der Waals surface area contributed by atoms with Crippen molar-refractivity contribution in [3.63, 3.8) is 0 Å². The average Bonchev–Trinajstić information content (AvgIpc) is 2.97. The number of aryl methyl sites for hydroxylation is 1. The van der Waals surface area contributed by atoms with Crippen molar-refractivity contribution >= 4 is 17.6 Å². The van der Waals surface area contributed by atoms with Crippen LogP contribution in [-0.2, 0) is 14.3 Å². The van der Waals surface area contributed by atoms with Crippen LogP contribution in [0, 0.1) is 17.8 Å². The molecule has 0 aliphatic heterocycles. The van der Waals surface area contributed by atoms with Gasteiger partial charge in [-0.05, 0) is 37.8 Å². The summed E-state index contributed by atoms with van der Waals surface area (Å²) in [5.41, 5.74) is 0.420. The first-order chi connectivity index (χ1) is 9.33. The molecule has 2 rings (SSSR count). The zero-order valence-electron chi connectivity index (χ0n) is 12.4. The molecule has 0 heterocycles. The predicted octanol–water partition coefficient (Wildman–Crippen LogP) is 2.91. The monoisotopic (exact) mass is 275 g/mol. The van der Waals surface area contributed by atoms with Gasteiger partial charge in [-0.25, -0.2) is 0 Å². The lowest BCUT2D eigenvalue weighted by Gasteiger charge is -2.18. The van der Waals surface area contributed by atoms with Gasteiger partial charge in [0.05, 0.1) is 6.61 Å². The molecule has 20 heavy (non-hydrogen) atoms. The molecule has 1 atom stereocenters. The van der Waals surface area contributed by atoms with E-state index < -0.39 is 11.4 Å². The van der Waals surface area contributed by atoms with E-state index >= 15 is 0 Å². The van der Waals surface area contributed by atoms with Crippen molar-refractivity contribution in [2.24, 2.45) is 10.8 Å². The molecule has 1 saturated carbocycles.